The maximum Gasteiger partial charge on any atom is 0.196 e. The highest BCUT2D eigenvalue weighted by Crippen LogP contribution is 2.13. The van der Waals surface area contributed by atoms with Crippen LogP contribution in [0.3, 0.4) is 0 Å². The molecule has 0 aliphatic carbocycles. The van der Waals surface area contributed by atoms with Gasteiger partial charge in [0, 0.05) is 17.6 Å². The van der Waals surface area contributed by atoms with Crippen molar-refractivity contribution in [2.24, 2.45) is 4.99 Å². The predicted molar refractivity (Wildman–Crippen MR) is 59.4 cm³/mol. The number of nitrogens with zero attached hydrogens (tertiary/aromatic N) is 1. The summed E-state index contributed by atoms with van der Waals surface area (Å²) in [6.07, 6.45) is 9.12. The van der Waals surface area contributed by atoms with E-state index in [9.17, 15) is 4.55 Å². The van der Waals surface area contributed by atoms with Crippen LogP contribution in [-0.2, 0) is 11.4 Å². The molecule has 15 heavy (non-hydrogen) atoms. The van der Waals surface area contributed by atoms with E-state index in [-0.39, 0.29) is 0 Å². The van der Waals surface area contributed by atoms with Crippen molar-refractivity contribution < 1.29 is 4.55 Å². The highest BCUT2D eigenvalue weighted by Gasteiger charge is 2.20. The molecular formula is C11H8N2OS. The summed E-state index contributed by atoms with van der Waals surface area (Å²) >= 11 is -1.19. The molecule has 0 amide bonds. The summed E-state index contributed by atoms with van der Waals surface area (Å²) < 4.78 is 14.7. The molecule has 4 heteroatoms. The molecule has 2 aliphatic heterocycles. The topological polar surface area (TPSA) is 47.4 Å². The molecule has 0 aromatic heterocycles. The highest BCUT2D eigenvalue weighted by molar-refractivity contribution is 7.89. The maximum absolute atomic E-state index is 11.9. The summed E-state index contributed by atoms with van der Waals surface area (Å²) in [7, 11) is 0. The zero-order chi connectivity index (χ0) is 10.3. The Morgan fingerprint density at radius 2 is 2.27 bits per heavy atom. The molecule has 3 nitrogen and oxygen atoms in total. The van der Waals surface area contributed by atoms with E-state index in [0.717, 1.165) is 21.0 Å². The summed E-state index contributed by atoms with van der Waals surface area (Å²) in [5, 5.41) is 1.87. The lowest BCUT2D eigenvalue weighted by Crippen LogP contribution is -2.27. The van der Waals surface area contributed by atoms with Crippen LogP contribution < -0.4 is 15.3 Å². The Bertz CT molecular complexity index is 589. The first-order valence-electron chi connectivity index (χ1n) is 4.58. The molecule has 0 saturated carbocycles. The van der Waals surface area contributed by atoms with Crippen LogP contribution in [-0.4, -0.2) is 4.55 Å². The Kier molecular flexibility index (Phi) is 1.90. The second-order valence-corrected chi connectivity index (χ2v) is 4.46. The summed E-state index contributed by atoms with van der Waals surface area (Å²) in [4.78, 5) is 5.01. The van der Waals surface area contributed by atoms with Crippen molar-refractivity contribution in [3.8, 4) is 0 Å². The molecule has 2 aliphatic rings. The number of allylic oxidation sites excluding steroid dienone is 1. The van der Waals surface area contributed by atoms with Gasteiger partial charge in [0.15, 0.2) is 4.90 Å². The Hall–Kier alpha value is -1.52. The molecule has 0 radical (unpaired) electrons. The number of rotatable bonds is 0. The van der Waals surface area contributed by atoms with Crippen LogP contribution in [0.25, 0.3) is 12.2 Å². The SMILES string of the molecule is [O-][S+]1NC=CC=c2ccc3c(c21)C=CN=3. The summed E-state index contributed by atoms with van der Waals surface area (Å²) in [5.41, 5.74) is 0.957. The third-order valence-electron chi connectivity index (χ3n) is 2.39. The molecule has 1 unspecified atom stereocenters. The normalized spacial score (nSPS) is 20.7. The van der Waals surface area contributed by atoms with Crippen LogP contribution in [0.5, 0.6) is 0 Å². The van der Waals surface area contributed by atoms with Crippen molar-refractivity contribution in [2.45, 2.75) is 4.90 Å². The summed E-state index contributed by atoms with van der Waals surface area (Å²) in [6, 6.07) is 3.89. The van der Waals surface area contributed by atoms with Gasteiger partial charge in [0.2, 0.25) is 0 Å². The van der Waals surface area contributed by atoms with E-state index in [4.69, 9.17) is 0 Å². The first-order chi connectivity index (χ1) is 7.36. The second-order valence-electron chi connectivity index (χ2n) is 3.27. The highest BCUT2D eigenvalue weighted by atomic mass is 32.2. The Morgan fingerprint density at radius 1 is 1.33 bits per heavy atom. The Balaban J connectivity index is 2.41. The lowest BCUT2D eigenvalue weighted by Gasteiger charge is -2.09. The fourth-order valence-corrected chi connectivity index (χ4v) is 2.76. The largest absolute Gasteiger partial charge is 0.588 e. The van der Waals surface area contributed by atoms with Crippen LogP contribution in [0.1, 0.15) is 5.56 Å². The minimum atomic E-state index is -1.19. The van der Waals surface area contributed by atoms with Gasteiger partial charge >= 0.3 is 0 Å². The quantitative estimate of drug-likeness (QED) is 0.630. The van der Waals surface area contributed by atoms with Gasteiger partial charge in [0.1, 0.15) is 11.4 Å². The van der Waals surface area contributed by atoms with Crippen LogP contribution in [0, 0.1) is 0 Å². The van der Waals surface area contributed by atoms with Gasteiger partial charge in [0.25, 0.3) is 0 Å². The lowest BCUT2D eigenvalue weighted by molar-refractivity contribution is 0.589. The third-order valence-corrected chi connectivity index (χ3v) is 3.57. The van der Waals surface area contributed by atoms with Crippen LogP contribution in [0.4, 0.5) is 0 Å². The van der Waals surface area contributed by atoms with Crippen molar-refractivity contribution in [3.63, 3.8) is 0 Å². The number of fused-ring (bicyclic) bond motifs is 3. The molecule has 0 saturated heterocycles. The molecule has 0 fully saturated rings. The lowest BCUT2D eigenvalue weighted by atomic mass is 10.2. The van der Waals surface area contributed by atoms with Gasteiger partial charge in [-0.3, -0.25) is 4.99 Å². The van der Waals surface area contributed by atoms with Gasteiger partial charge in [-0.15, -0.1) is 0 Å². The maximum atomic E-state index is 11.9. The van der Waals surface area contributed by atoms with Crippen molar-refractivity contribution in [3.05, 3.63) is 46.7 Å². The molecule has 1 atom stereocenters. The van der Waals surface area contributed by atoms with E-state index in [2.05, 4.69) is 9.71 Å². The van der Waals surface area contributed by atoms with Crippen molar-refractivity contribution in [1.29, 1.82) is 0 Å². The summed E-state index contributed by atoms with van der Waals surface area (Å²) in [5.74, 6) is 0. The molecular weight excluding hydrogens is 208 g/mol. The van der Waals surface area contributed by atoms with E-state index >= 15 is 0 Å². The average Bonchev–Trinajstić information content (AvgIpc) is 2.63. The van der Waals surface area contributed by atoms with Gasteiger partial charge < -0.3 is 4.55 Å². The minimum Gasteiger partial charge on any atom is -0.588 e. The number of benzene rings is 1. The third kappa shape index (κ3) is 1.30. The Morgan fingerprint density at radius 3 is 3.20 bits per heavy atom. The van der Waals surface area contributed by atoms with E-state index in [0.29, 0.717) is 0 Å². The predicted octanol–water partition coefficient (Wildman–Crippen LogP) is 0.211. The second kappa shape index (κ2) is 3.25. The molecule has 0 spiro atoms. The van der Waals surface area contributed by atoms with Gasteiger partial charge in [-0.1, -0.05) is 0 Å². The first kappa shape index (κ1) is 8.76. The molecule has 0 bridgehead atoms. The van der Waals surface area contributed by atoms with Crippen LogP contribution in [0.2, 0.25) is 0 Å². The zero-order valence-electron chi connectivity index (χ0n) is 7.81. The molecule has 3 rings (SSSR count). The number of hydrogen-bond donors (Lipinski definition) is 1. The Labute approximate surface area is 89.9 Å². The van der Waals surface area contributed by atoms with E-state index in [1.807, 2.05) is 30.4 Å². The number of nitrogens with one attached hydrogen (secondary N) is 1. The van der Waals surface area contributed by atoms with E-state index in [1.165, 1.54) is 0 Å². The average molecular weight is 216 g/mol. The first-order valence-corrected chi connectivity index (χ1v) is 5.73. The minimum absolute atomic E-state index is 0.815. The smallest absolute Gasteiger partial charge is 0.196 e. The standard InChI is InChI=1S/C11H8N2OS/c14-15-11-8(2-1-6-13-15)3-4-10-9(11)5-7-12-10/h1-7,13H. The van der Waals surface area contributed by atoms with Gasteiger partial charge in [0.05, 0.1) is 10.9 Å². The van der Waals surface area contributed by atoms with Gasteiger partial charge in [-0.25, -0.2) is 4.72 Å². The molecule has 1 aromatic rings. The number of hydrogen-bond acceptors (Lipinski definition) is 3. The van der Waals surface area contributed by atoms with Crippen molar-refractivity contribution in [2.75, 3.05) is 0 Å². The van der Waals surface area contributed by atoms with E-state index < -0.39 is 11.4 Å². The fourth-order valence-electron chi connectivity index (χ4n) is 1.72. The molecule has 1 aromatic carbocycles. The van der Waals surface area contributed by atoms with Crippen LogP contribution in [0.15, 0.2) is 40.5 Å². The molecule has 1 N–H and O–H groups in total. The monoisotopic (exact) mass is 216 g/mol. The van der Waals surface area contributed by atoms with Crippen molar-refractivity contribution in [1.82, 2.24) is 4.72 Å². The van der Waals surface area contributed by atoms with Gasteiger partial charge in [-0.05, 0) is 30.4 Å². The van der Waals surface area contributed by atoms with E-state index in [1.54, 1.807) is 12.4 Å². The van der Waals surface area contributed by atoms with Crippen LogP contribution >= 0.6 is 0 Å². The molecule has 2 heterocycles. The van der Waals surface area contributed by atoms with Gasteiger partial charge in [-0.2, -0.15) is 0 Å². The van der Waals surface area contributed by atoms with Crippen molar-refractivity contribution >= 4 is 23.5 Å². The fraction of sp³-hybridized carbons (Fsp3) is 0. The summed E-state index contributed by atoms with van der Waals surface area (Å²) in [6.45, 7) is 0. The molecule has 74 valence electrons. The zero-order valence-corrected chi connectivity index (χ0v) is 8.62.